The Labute approximate surface area is 135 Å². The Morgan fingerprint density at radius 1 is 1.00 bits per heavy atom. The van der Waals surface area contributed by atoms with E-state index in [2.05, 4.69) is 20.8 Å². The van der Waals surface area contributed by atoms with Gasteiger partial charge in [0, 0.05) is 12.0 Å². The number of carbonyl (C=O) groups is 1. The Kier molecular flexibility index (Phi) is 4.75. The lowest BCUT2D eigenvalue weighted by molar-refractivity contribution is 0.0991. The molecule has 0 N–H and O–H groups in total. The van der Waals surface area contributed by atoms with Crippen LogP contribution in [0.3, 0.4) is 0 Å². The molecule has 0 bridgehead atoms. The van der Waals surface area contributed by atoms with Crippen molar-refractivity contribution in [2.75, 3.05) is 0 Å². The lowest BCUT2D eigenvalue weighted by Gasteiger charge is -2.22. The SMILES string of the molecule is CC(C)(C)c1ccccc1C(=O)Cc1ccc(Cl)c(Cl)c1. The van der Waals surface area contributed by atoms with Gasteiger partial charge >= 0.3 is 0 Å². The van der Waals surface area contributed by atoms with E-state index in [1.807, 2.05) is 30.3 Å². The highest BCUT2D eigenvalue weighted by molar-refractivity contribution is 6.42. The largest absolute Gasteiger partial charge is 0.294 e. The summed E-state index contributed by atoms with van der Waals surface area (Å²) in [5.74, 6) is 0.0962. The normalized spacial score (nSPS) is 11.5. The van der Waals surface area contributed by atoms with Crippen LogP contribution < -0.4 is 0 Å². The van der Waals surface area contributed by atoms with E-state index in [9.17, 15) is 4.79 Å². The van der Waals surface area contributed by atoms with Crippen LogP contribution in [0.25, 0.3) is 0 Å². The highest BCUT2D eigenvalue weighted by Crippen LogP contribution is 2.27. The van der Waals surface area contributed by atoms with Gasteiger partial charge in [-0.3, -0.25) is 4.79 Å². The highest BCUT2D eigenvalue weighted by atomic mass is 35.5. The predicted molar refractivity (Wildman–Crippen MR) is 89.6 cm³/mol. The van der Waals surface area contributed by atoms with Crippen LogP contribution in [0, 0.1) is 0 Å². The van der Waals surface area contributed by atoms with Crippen molar-refractivity contribution >= 4 is 29.0 Å². The van der Waals surface area contributed by atoms with Crippen LogP contribution in [-0.2, 0) is 11.8 Å². The molecule has 2 aromatic carbocycles. The number of halogens is 2. The molecule has 0 saturated carbocycles. The number of hydrogen-bond donors (Lipinski definition) is 0. The van der Waals surface area contributed by atoms with E-state index in [0.29, 0.717) is 16.5 Å². The minimum absolute atomic E-state index is 0.0656. The maximum Gasteiger partial charge on any atom is 0.167 e. The second kappa shape index (κ2) is 6.21. The van der Waals surface area contributed by atoms with E-state index >= 15 is 0 Å². The van der Waals surface area contributed by atoms with E-state index in [0.717, 1.165) is 16.7 Å². The van der Waals surface area contributed by atoms with E-state index < -0.39 is 0 Å². The van der Waals surface area contributed by atoms with Gasteiger partial charge in [0.2, 0.25) is 0 Å². The summed E-state index contributed by atoms with van der Waals surface area (Å²) in [6, 6.07) is 13.1. The number of carbonyl (C=O) groups excluding carboxylic acids is 1. The Balaban J connectivity index is 2.31. The molecular weight excluding hydrogens is 303 g/mol. The van der Waals surface area contributed by atoms with Gasteiger partial charge in [0.1, 0.15) is 0 Å². The molecule has 0 saturated heterocycles. The van der Waals surface area contributed by atoms with Crippen LogP contribution >= 0.6 is 23.2 Å². The van der Waals surface area contributed by atoms with Gasteiger partial charge < -0.3 is 0 Å². The topological polar surface area (TPSA) is 17.1 Å². The summed E-state index contributed by atoms with van der Waals surface area (Å²) in [5.41, 5.74) is 2.65. The first kappa shape index (κ1) is 16.1. The molecule has 21 heavy (non-hydrogen) atoms. The van der Waals surface area contributed by atoms with Crippen LogP contribution in [-0.4, -0.2) is 5.78 Å². The predicted octanol–water partition coefficient (Wildman–Crippen LogP) is 5.72. The fraction of sp³-hybridized carbons (Fsp3) is 0.278. The third kappa shape index (κ3) is 3.87. The molecule has 0 heterocycles. The fourth-order valence-electron chi connectivity index (χ4n) is 2.31. The van der Waals surface area contributed by atoms with Gasteiger partial charge in [0.25, 0.3) is 0 Å². The summed E-state index contributed by atoms with van der Waals surface area (Å²) in [6.07, 6.45) is 0.323. The van der Waals surface area contributed by atoms with Crippen LogP contribution in [0.5, 0.6) is 0 Å². The van der Waals surface area contributed by atoms with Crippen LogP contribution in [0.4, 0.5) is 0 Å². The zero-order valence-corrected chi connectivity index (χ0v) is 13.9. The Morgan fingerprint density at radius 3 is 2.29 bits per heavy atom. The van der Waals surface area contributed by atoms with Crippen molar-refractivity contribution in [2.24, 2.45) is 0 Å². The average molecular weight is 321 g/mol. The highest BCUT2D eigenvalue weighted by Gasteiger charge is 2.21. The fourth-order valence-corrected chi connectivity index (χ4v) is 2.63. The van der Waals surface area contributed by atoms with E-state index in [1.54, 1.807) is 12.1 Å². The van der Waals surface area contributed by atoms with Crippen molar-refractivity contribution in [3.63, 3.8) is 0 Å². The summed E-state index contributed by atoms with van der Waals surface area (Å²) in [7, 11) is 0. The third-order valence-corrected chi connectivity index (χ3v) is 4.12. The Hall–Kier alpha value is -1.31. The number of Topliss-reactive ketones (excluding diaryl/α,β-unsaturated/α-hetero) is 1. The third-order valence-electron chi connectivity index (χ3n) is 3.38. The zero-order valence-electron chi connectivity index (χ0n) is 12.4. The van der Waals surface area contributed by atoms with Crippen LogP contribution in [0.15, 0.2) is 42.5 Å². The van der Waals surface area contributed by atoms with E-state index in [1.165, 1.54) is 0 Å². The first-order valence-corrected chi connectivity index (χ1v) is 7.61. The van der Waals surface area contributed by atoms with Gasteiger partial charge in [-0.25, -0.2) is 0 Å². The number of hydrogen-bond acceptors (Lipinski definition) is 1. The molecule has 0 atom stereocenters. The zero-order chi connectivity index (χ0) is 15.6. The molecule has 110 valence electrons. The van der Waals surface area contributed by atoms with Crippen molar-refractivity contribution in [1.82, 2.24) is 0 Å². The summed E-state index contributed by atoms with van der Waals surface area (Å²) in [4.78, 5) is 12.6. The summed E-state index contributed by atoms with van der Waals surface area (Å²) >= 11 is 11.9. The van der Waals surface area contributed by atoms with Gasteiger partial charge in [-0.2, -0.15) is 0 Å². The monoisotopic (exact) mass is 320 g/mol. The first-order chi connectivity index (χ1) is 9.79. The van der Waals surface area contributed by atoms with Crippen molar-refractivity contribution in [3.05, 3.63) is 69.2 Å². The van der Waals surface area contributed by atoms with E-state index in [4.69, 9.17) is 23.2 Å². The number of rotatable bonds is 3. The van der Waals surface area contributed by atoms with Gasteiger partial charge in [-0.1, -0.05) is 74.3 Å². The quantitative estimate of drug-likeness (QED) is 0.661. The maximum absolute atomic E-state index is 12.6. The van der Waals surface area contributed by atoms with Crippen molar-refractivity contribution in [2.45, 2.75) is 32.6 Å². The molecule has 0 radical (unpaired) electrons. The van der Waals surface area contributed by atoms with Gasteiger partial charge in [-0.15, -0.1) is 0 Å². The first-order valence-electron chi connectivity index (χ1n) is 6.85. The standard InChI is InChI=1S/C18H18Cl2O/c1-18(2,3)14-7-5-4-6-13(14)17(21)11-12-8-9-15(19)16(20)10-12/h4-10H,11H2,1-3H3. The molecule has 2 rings (SSSR count). The Bertz CT molecular complexity index is 669. The molecule has 0 aliphatic carbocycles. The van der Waals surface area contributed by atoms with Crippen molar-refractivity contribution in [3.8, 4) is 0 Å². The lowest BCUT2D eigenvalue weighted by atomic mass is 9.82. The number of benzene rings is 2. The molecule has 1 nitrogen and oxygen atoms in total. The summed E-state index contributed by atoms with van der Waals surface area (Å²) in [5, 5.41) is 0.981. The Morgan fingerprint density at radius 2 is 1.67 bits per heavy atom. The molecule has 0 aliphatic heterocycles. The molecular formula is C18H18Cl2O. The second-order valence-corrected chi connectivity index (χ2v) is 6.96. The molecule has 0 unspecified atom stereocenters. The minimum atomic E-state index is -0.0656. The van der Waals surface area contributed by atoms with Crippen LogP contribution in [0.2, 0.25) is 10.0 Å². The molecule has 0 amide bonds. The van der Waals surface area contributed by atoms with Crippen molar-refractivity contribution in [1.29, 1.82) is 0 Å². The van der Waals surface area contributed by atoms with Crippen LogP contribution in [0.1, 0.15) is 42.3 Å². The van der Waals surface area contributed by atoms with Gasteiger partial charge in [-0.05, 0) is 28.7 Å². The van der Waals surface area contributed by atoms with E-state index in [-0.39, 0.29) is 11.2 Å². The number of ketones is 1. The summed E-state index contributed by atoms with van der Waals surface area (Å²) < 4.78 is 0. The molecule has 0 spiro atoms. The minimum Gasteiger partial charge on any atom is -0.294 e. The van der Waals surface area contributed by atoms with Gasteiger partial charge in [0.05, 0.1) is 10.0 Å². The lowest BCUT2D eigenvalue weighted by Crippen LogP contribution is -2.17. The summed E-state index contributed by atoms with van der Waals surface area (Å²) in [6.45, 7) is 6.33. The molecule has 3 heteroatoms. The van der Waals surface area contributed by atoms with Gasteiger partial charge in [0.15, 0.2) is 5.78 Å². The molecule has 0 aliphatic rings. The molecule has 0 fully saturated rings. The average Bonchev–Trinajstić information content (AvgIpc) is 2.42. The molecule has 2 aromatic rings. The maximum atomic E-state index is 12.6. The second-order valence-electron chi connectivity index (χ2n) is 6.14. The smallest absolute Gasteiger partial charge is 0.167 e. The molecule has 0 aromatic heterocycles. The van der Waals surface area contributed by atoms with Crippen molar-refractivity contribution < 1.29 is 4.79 Å².